The summed E-state index contributed by atoms with van der Waals surface area (Å²) in [5.41, 5.74) is 1.33. The van der Waals surface area contributed by atoms with Crippen molar-refractivity contribution in [3.63, 3.8) is 0 Å². The summed E-state index contributed by atoms with van der Waals surface area (Å²) in [6.07, 6.45) is 4.39. The number of rotatable bonds is 10. The Labute approximate surface area is 168 Å². The van der Waals surface area contributed by atoms with Gasteiger partial charge in [-0.3, -0.25) is 14.6 Å². The van der Waals surface area contributed by atoms with Crippen molar-refractivity contribution in [2.45, 2.75) is 32.7 Å². The van der Waals surface area contributed by atoms with Crippen molar-refractivity contribution in [3.05, 3.63) is 60.2 Å². The minimum Gasteiger partial charge on any atom is -0.494 e. The monoisotopic (exact) mass is 394 g/mol. The molecule has 29 heavy (non-hydrogen) atoms. The zero-order chi connectivity index (χ0) is 20.5. The maximum atomic E-state index is 12.2. The van der Waals surface area contributed by atoms with Gasteiger partial charge in [0.1, 0.15) is 5.75 Å². The van der Waals surface area contributed by atoms with Crippen LogP contribution in [0.15, 0.2) is 53.3 Å². The molecule has 8 heteroatoms. The van der Waals surface area contributed by atoms with E-state index in [0.29, 0.717) is 23.9 Å². The summed E-state index contributed by atoms with van der Waals surface area (Å²) in [5.74, 6) is 1.09. The van der Waals surface area contributed by atoms with Gasteiger partial charge in [-0.15, -0.1) is 0 Å². The summed E-state index contributed by atoms with van der Waals surface area (Å²) >= 11 is 0. The number of hydrogen-bond donors (Lipinski definition) is 1. The summed E-state index contributed by atoms with van der Waals surface area (Å²) < 4.78 is 10.6. The standard InChI is InChI=1S/C21H22N4O4/c1-2-13-28-17-5-3-15(4-6-17)18(26)7-8-19(27)23-14-20-24-21(25-29-20)16-9-11-22-12-10-16/h3-6,9-12H,2,7-8,13-14H2,1H3,(H,23,27). The van der Waals surface area contributed by atoms with Crippen molar-refractivity contribution >= 4 is 11.7 Å². The van der Waals surface area contributed by atoms with Gasteiger partial charge in [-0.1, -0.05) is 12.1 Å². The topological polar surface area (TPSA) is 107 Å². The van der Waals surface area contributed by atoms with Crippen LogP contribution in [-0.2, 0) is 11.3 Å². The SMILES string of the molecule is CCCOc1ccc(C(=O)CCC(=O)NCc2nc(-c3ccncc3)no2)cc1. The van der Waals surface area contributed by atoms with Gasteiger partial charge in [-0.25, -0.2) is 0 Å². The van der Waals surface area contributed by atoms with Crippen LogP contribution in [0.5, 0.6) is 5.75 Å². The van der Waals surface area contributed by atoms with E-state index in [0.717, 1.165) is 17.7 Å². The molecule has 0 saturated heterocycles. The highest BCUT2D eigenvalue weighted by atomic mass is 16.5. The molecule has 0 saturated carbocycles. The second kappa shape index (κ2) is 10.1. The third-order valence-electron chi connectivity index (χ3n) is 4.07. The molecule has 0 unspecified atom stereocenters. The first-order valence-corrected chi connectivity index (χ1v) is 9.41. The Bertz CT molecular complexity index is 939. The molecular formula is C21H22N4O4. The highest BCUT2D eigenvalue weighted by Crippen LogP contribution is 2.15. The molecule has 1 aromatic carbocycles. The molecule has 0 atom stereocenters. The molecule has 0 aliphatic carbocycles. The average Bonchev–Trinajstić information content (AvgIpc) is 3.24. The molecular weight excluding hydrogens is 372 g/mol. The predicted octanol–water partition coefficient (Wildman–Crippen LogP) is 3.20. The highest BCUT2D eigenvalue weighted by molar-refractivity contribution is 5.98. The third-order valence-corrected chi connectivity index (χ3v) is 4.07. The van der Waals surface area contributed by atoms with Crippen LogP contribution in [0.1, 0.15) is 42.4 Å². The number of Topliss-reactive ketones (excluding diaryl/α,β-unsaturated/α-hetero) is 1. The van der Waals surface area contributed by atoms with E-state index in [2.05, 4.69) is 20.4 Å². The van der Waals surface area contributed by atoms with Crippen LogP contribution < -0.4 is 10.1 Å². The van der Waals surface area contributed by atoms with Crippen molar-refractivity contribution < 1.29 is 18.8 Å². The predicted molar refractivity (Wildman–Crippen MR) is 105 cm³/mol. The molecule has 150 valence electrons. The summed E-state index contributed by atoms with van der Waals surface area (Å²) in [6.45, 7) is 2.77. The van der Waals surface area contributed by atoms with Crippen LogP contribution in [0.2, 0.25) is 0 Å². The number of aromatic nitrogens is 3. The lowest BCUT2D eigenvalue weighted by Gasteiger charge is -2.06. The second-order valence-electron chi connectivity index (χ2n) is 6.32. The molecule has 0 bridgehead atoms. The first-order valence-electron chi connectivity index (χ1n) is 9.41. The zero-order valence-electron chi connectivity index (χ0n) is 16.1. The van der Waals surface area contributed by atoms with Gasteiger partial charge in [-0.2, -0.15) is 4.98 Å². The molecule has 0 aliphatic rings. The minimum absolute atomic E-state index is 0.0816. The Balaban J connectivity index is 1.43. The van der Waals surface area contributed by atoms with Gasteiger partial charge in [0.25, 0.3) is 0 Å². The summed E-state index contributed by atoms with van der Waals surface area (Å²) in [6, 6.07) is 10.5. The number of nitrogens with one attached hydrogen (secondary N) is 1. The van der Waals surface area contributed by atoms with Crippen molar-refractivity contribution in [3.8, 4) is 17.1 Å². The Morgan fingerprint density at radius 2 is 1.83 bits per heavy atom. The van der Waals surface area contributed by atoms with E-state index in [1.54, 1.807) is 48.8 Å². The number of ether oxygens (including phenoxy) is 1. The van der Waals surface area contributed by atoms with Crippen LogP contribution in [-0.4, -0.2) is 33.4 Å². The maximum Gasteiger partial charge on any atom is 0.246 e. The van der Waals surface area contributed by atoms with E-state index in [4.69, 9.17) is 9.26 Å². The van der Waals surface area contributed by atoms with Crippen molar-refractivity contribution in [1.29, 1.82) is 0 Å². The maximum absolute atomic E-state index is 12.2. The largest absolute Gasteiger partial charge is 0.494 e. The Morgan fingerprint density at radius 3 is 2.55 bits per heavy atom. The number of carbonyl (C=O) groups is 2. The van der Waals surface area contributed by atoms with Gasteiger partial charge in [0.2, 0.25) is 17.6 Å². The van der Waals surface area contributed by atoms with E-state index in [1.165, 1.54) is 0 Å². The number of pyridine rings is 1. The number of amides is 1. The first kappa shape index (κ1) is 20.2. The highest BCUT2D eigenvalue weighted by Gasteiger charge is 2.12. The second-order valence-corrected chi connectivity index (χ2v) is 6.32. The fraction of sp³-hybridized carbons (Fsp3) is 0.286. The van der Waals surface area contributed by atoms with Crippen LogP contribution in [0.3, 0.4) is 0 Å². The Morgan fingerprint density at radius 1 is 1.07 bits per heavy atom. The van der Waals surface area contributed by atoms with E-state index in [9.17, 15) is 9.59 Å². The van der Waals surface area contributed by atoms with Gasteiger partial charge in [0, 0.05) is 36.4 Å². The summed E-state index contributed by atoms with van der Waals surface area (Å²) in [7, 11) is 0. The van der Waals surface area contributed by atoms with Crippen molar-refractivity contribution in [1.82, 2.24) is 20.4 Å². The minimum atomic E-state index is -0.259. The molecule has 1 N–H and O–H groups in total. The zero-order valence-corrected chi connectivity index (χ0v) is 16.1. The number of carbonyl (C=O) groups excluding carboxylic acids is 2. The van der Waals surface area contributed by atoms with Crippen molar-refractivity contribution in [2.24, 2.45) is 0 Å². The molecule has 1 amide bonds. The van der Waals surface area contributed by atoms with Crippen LogP contribution in [0.4, 0.5) is 0 Å². The molecule has 3 aromatic rings. The number of ketones is 1. The van der Waals surface area contributed by atoms with E-state index in [1.807, 2.05) is 6.92 Å². The molecule has 3 rings (SSSR count). The molecule has 2 aromatic heterocycles. The lowest BCUT2D eigenvalue weighted by molar-refractivity contribution is -0.121. The molecule has 0 aliphatic heterocycles. The van der Waals surface area contributed by atoms with Crippen molar-refractivity contribution in [2.75, 3.05) is 6.61 Å². The Kier molecular flexibility index (Phi) is 7.05. The van der Waals surface area contributed by atoms with E-state index in [-0.39, 0.29) is 31.1 Å². The fourth-order valence-corrected chi connectivity index (χ4v) is 2.54. The summed E-state index contributed by atoms with van der Waals surface area (Å²) in [4.78, 5) is 32.4. The normalized spacial score (nSPS) is 10.5. The van der Waals surface area contributed by atoms with Gasteiger partial charge in [0.15, 0.2) is 5.78 Å². The lowest BCUT2D eigenvalue weighted by atomic mass is 10.1. The number of benzene rings is 1. The molecule has 0 fully saturated rings. The molecule has 0 radical (unpaired) electrons. The number of hydrogen-bond acceptors (Lipinski definition) is 7. The van der Waals surface area contributed by atoms with Gasteiger partial charge in [-0.05, 0) is 42.8 Å². The average molecular weight is 394 g/mol. The summed E-state index contributed by atoms with van der Waals surface area (Å²) in [5, 5.41) is 6.56. The Hall–Kier alpha value is -3.55. The van der Waals surface area contributed by atoms with E-state index < -0.39 is 0 Å². The van der Waals surface area contributed by atoms with Crippen LogP contribution in [0, 0.1) is 0 Å². The quantitative estimate of drug-likeness (QED) is 0.526. The van der Waals surface area contributed by atoms with Gasteiger partial charge >= 0.3 is 0 Å². The third kappa shape index (κ3) is 5.97. The lowest BCUT2D eigenvalue weighted by Crippen LogP contribution is -2.23. The molecule has 8 nitrogen and oxygen atoms in total. The van der Waals surface area contributed by atoms with Crippen LogP contribution >= 0.6 is 0 Å². The van der Waals surface area contributed by atoms with Gasteiger partial charge < -0.3 is 14.6 Å². The van der Waals surface area contributed by atoms with Crippen LogP contribution in [0.25, 0.3) is 11.4 Å². The smallest absolute Gasteiger partial charge is 0.246 e. The fourth-order valence-electron chi connectivity index (χ4n) is 2.54. The first-order chi connectivity index (χ1) is 14.2. The number of nitrogens with zero attached hydrogens (tertiary/aromatic N) is 3. The van der Waals surface area contributed by atoms with E-state index >= 15 is 0 Å². The molecule has 0 spiro atoms. The molecule has 2 heterocycles. The van der Waals surface area contributed by atoms with Gasteiger partial charge in [0.05, 0.1) is 13.2 Å².